The van der Waals surface area contributed by atoms with Crippen LogP contribution in [-0.2, 0) is 5.75 Å². The SMILES string of the molecule is Cc1nnc(SCc2nnc(-c3cc([N+](=O)[O-])cc([N+](=O)[O-])c3)o2)s1. The molecule has 3 aromatic rings. The van der Waals surface area contributed by atoms with Gasteiger partial charge in [-0.15, -0.1) is 20.4 Å². The molecule has 0 aliphatic carbocycles. The second kappa shape index (κ2) is 6.90. The van der Waals surface area contributed by atoms with Crippen LogP contribution >= 0.6 is 23.1 Å². The standard InChI is InChI=1S/C12H8N6O5S2/c1-6-13-16-12(25-6)24-5-10-14-15-11(23-10)7-2-8(17(19)20)4-9(3-7)18(21)22/h2-4H,5H2,1H3. The third kappa shape index (κ3) is 3.95. The normalized spacial score (nSPS) is 10.8. The molecule has 0 saturated carbocycles. The number of hydrogen-bond donors (Lipinski definition) is 0. The van der Waals surface area contributed by atoms with E-state index in [-0.39, 0.29) is 17.3 Å². The summed E-state index contributed by atoms with van der Waals surface area (Å²) in [6, 6.07) is 3.16. The quantitative estimate of drug-likeness (QED) is 0.354. The van der Waals surface area contributed by atoms with Crippen molar-refractivity contribution in [1.82, 2.24) is 20.4 Å². The lowest BCUT2D eigenvalue weighted by molar-refractivity contribution is -0.394. The fourth-order valence-corrected chi connectivity index (χ4v) is 3.47. The summed E-state index contributed by atoms with van der Waals surface area (Å²) < 4.78 is 6.18. The van der Waals surface area contributed by atoms with Crippen LogP contribution in [0.5, 0.6) is 0 Å². The number of hydrogen-bond acceptors (Lipinski definition) is 11. The zero-order valence-corrected chi connectivity index (χ0v) is 14.1. The van der Waals surface area contributed by atoms with Gasteiger partial charge >= 0.3 is 0 Å². The van der Waals surface area contributed by atoms with Crippen LogP contribution in [0.25, 0.3) is 11.5 Å². The van der Waals surface area contributed by atoms with Crippen molar-refractivity contribution in [2.24, 2.45) is 0 Å². The first kappa shape index (κ1) is 16.9. The van der Waals surface area contributed by atoms with Crippen molar-refractivity contribution < 1.29 is 14.3 Å². The highest BCUT2D eigenvalue weighted by atomic mass is 32.2. The minimum Gasteiger partial charge on any atom is -0.420 e. The van der Waals surface area contributed by atoms with E-state index in [2.05, 4.69) is 20.4 Å². The van der Waals surface area contributed by atoms with Crippen LogP contribution in [-0.4, -0.2) is 30.2 Å². The molecule has 128 valence electrons. The Labute approximate surface area is 147 Å². The van der Waals surface area contributed by atoms with Crippen molar-refractivity contribution in [1.29, 1.82) is 0 Å². The zero-order chi connectivity index (χ0) is 18.0. The summed E-state index contributed by atoms with van der Waals surface area (Å²) in [6.07, 6.45) is 0. The van der Waals surface area contributed by atoms with E-state index >= 15 is 0 Å². The second-order valence-corrected chi connectivity index (χ2v) is 7.03. The van der Waals surface area contributed by atoms with Crippen LogP contribution in [0.3, 0.4) is 0 Å². The summed E-state index contributed by atoms with van der Waals surface area (Å²) in [7, 11) is 0. The summed E-state index contributed by atoms with van der Waals surface area (Å²) >= 11 is 2.77. The highest BCUT2D eigenvalue weighted by molar-refractivity contribution is 8.00. The van der Waals surface area contributed by atoms with Crippen LogP contribution in [0.15, 0.2) is 27.0 Å². The molecule has 25 heavy (non-hydrogen) atoms. The summed E-state index contributed by atoms with van der Waals surface area (Å²) in [4.78, 5) is 20.4. The van der Waals surface area contributed by atoms with Crippen molar-refractivity contribution in [3.05, 3.63) is 49.3 Å². The first-order chi connectivity index (χ1) is 11.9. The molecule has 0 radical (unpaired) electrons. The molecule has 0 saturated heterocycles. The number of aromatic nitrogens is 4. The number of nitro groups is 2. The van der Waals surface area contributed by atoms with Crippen LogP contribution in [0, 0.1) is 27.2 Å². The Hall–Kier alpha value is -2.93. The Morgan fingerprint density at radius 3 is 2.32 bits per heavy atom. The van der Waals surface area contributed by atoms with Gasteiger partial charge in [-0.1, -0.05) is 23.1 Å². The van der Waals surface area contributed by atoms with E-state index < -0.39 is 21.2 Å². The van der Waals surface area contributed by atoms with Crippen molar-refractivity contribution >= 4 is 34.5 Å². The van der Waals surface area contributed by atoms with Gasteiger partial charge in [0.05, 0.1) is 27.2 Å². The molecule has 2 heterocycles. The van der Waals surface area contributed by atoms with Gasteiger partial charge in [0, 0.05) is 12.1 Å². The predicted molar refractivity (Wildman–Crippen MR) is 87.2 cm³/mol. The molecular formula is C12H8N6O5S2. The van der Waals surface area contributed by atoms with Gasteiger partial charge < -0.3 is 4.42 Å². The van der Waals surface area contributed by atoms with Gasteiger partial charge in [-0.05, 0) is 6.92 Å². The third-order valence-electron chi connectivity index (χ3n) is 2.86. The highest BCUT2D eigenvalue weighted by Gasteiger charge is 2.20. The van der Waals surface area contributed by atoms with Crippen LogP contribution < -0.4 is 0 Å². The fourth-order valence-electron chi connectivity index (χ4n) is 1.82. The Bertz CT molecular complexity index is 923. The van der Waals surface area contributed by atoms with Crippen LogP contribution in [0.4, 0.5) is 11.4 Å². The van der Waals surface area contributed by atoms with Gasteiger partial charge in [0.15, 0.2) is 4.34 Å². The molecule has 0 bridgehead atoms. The molecule has 1 aromatic carbocycles. The highest BCUT2D eigenvalue weighted by Crippen LogP contribution is 2.30. The summed E-state index contributed by atoms with van der Waals surface area (Å²) in [6.45, 7) is 1.84. The molecule has 0 atom stereocenters. The zero-order valence-electron chi connectivity index (χ0n) is 12.5. The van der Waals surface area contributed by atoms with E-state index in [0.29, 0.717) is 5.75 Å². The number of nitrogens with zero attached hydrogens (tertiary/aromatic N) is 6. The molecule has 0 spiro atoms. The summed E-state index contributed by atoms with van der Waals surface area (Å²) in [5.74, 6) is 0.566. The smallest absolute Gasteiger partial charge is 0.277 e. The number of aryl methyl sites for hydroxylation is 1. The molecule has 13 heteroatoms. The Kier molecular flexibility index (Phi) is 4.67. The number of nitro benzene ring substituents is 2. The molecule has 0 amide bonds. The Balaban J connectivity index is 1.83. The Morgan fingerprint density at radius 2 is 1.76 bits per heavy atom. The van der Waals surface area contributed by atoms with Gasteiger partial charge in [0.25, 0.3) is 11.4 Å². The van der Waals surface area contributed by atoms with Gasteiger partial charge in [-0.25, -0.2) is 0 Å². The first-order valence-electron chi connectivity index (χ1n) is 6.62. The maximum absolute atomic E-state index is 10.9. The average Bonchev–Trinajstić information content (AvgIpc) is 3.21. The monoisotopic (exact) mass is 380 g/mol. The van der Waals surface area contributed by atoms with Crippen molar-refractivity contribution in [2.45, 2.75) is 17.0 Å². The molecule has 2 aromatic heterocycles. The van der Waals surface area contributed by atoms with Crippen LogP contribution in [0.1, 0.15) is 10.9 Å². The number of non-ortho nitro benzene ring substituents is 2. The number of rotatable bonds is 6. The van der Waals surface area contributed by atoms with E-state index in [1.807, 2.05) is 6.92 Å². The molecule has 0 fully saturated rings. The minimum absolute atomic E-state index is 0.0316. The van der Waals surface area contributed by atoms with E-state index in [9.17, 15) is 20.2 Å². The Morgan fingerprint density at radius 1 is 1.08 bits per heavy atom. The molecule has 11 nitrogen and oxygen atoms in total. The third-order valence-corrected chi connectivity index (χ3v) is 4.82. The van der Waals surface area contributed by atoms with E-state index in [4.69, 9.17) is 4.42 Å². The van der Waals surface area contributed by atoms with Gasteiger partial charge in [0.1, 0.15) is 5.01 Å². The number of thioether (sulfide) groups is 1. The first-order valence-corrected chi connectivity index (χ1v) is 8.42. The van der Waals surface area contributed by atoms with Crippen molar-refractivity contribution in [3.63, 3.8) is 0 Å². The maximum Gasteiger partial charge on any atom is 0.277 e. The van der Waals surface area contributed by atoms with Gasteiger partial charge in [0.2, 0.25) is 11.8 Å². The van der Waals surface area contributed by atoms with E-state index in [1.54, 1.807) is 0 Å². The van der Waals surface area contributed by atoms with Crippen LogP contribution in [0.2, 0.25) is 0 Å². The lowest BCUT2D eigenvalue weighted by Crippen LogP contribution is -1.94. The summed E-state index contributed by atoms with van der Waals surface area (Å²) in [5.41, 5.74) is -0.748. The van der Waals surface area contributed by atoms with Crippen molar-refractivity contribution in [2.75, 3.05) is 0 Å². The van der Waals surface area contributed by atoms with E-state index in [0.717, 1.165) is 27.5 Å². The molecule has 0 N–H and O–H groups in total. The average molecular weight is 380 g/mol. The largest absolute Gasteiger partial charge is 0.420 e. The predicted octanol–water partition coefficient (Wildman–Crippen LogP) is 3.01. The lowest BCUT2D eigenvalue weighted by atomic mass is 10.2. The van der Waals surface area contributed by atoms with Gasteiger partial charge in [-0.3, -0.25) is 20.2 Å². The second-order valence-electron chi connectivity index (χ2n) is 4.63. The maximum atomic E-state index is 10.9. The summed E-state index contributed by atoms with van der Waals surface area (Å²) in [5, 5.41) is 38.2. The minimum atomic E-state index is -0.721. The van der Waals surface area contributed by atoms with E-state index in [1.165, 1.54) is 23.1 Å². The number of benzene rings is 1. The van der Waals surface area contributed by atoms with Gasteiger partial charge in [-0.2, -0.15) is 0 Å². The fraction of sp³-hybridized carbons (Fsp3) is 0.167. The molecule has 3 rings (SSSR count). The topological polar surface area (TPSA) is 151 Å². The van der Waals surface area contributed by atoms with Crippen molar-refractivity contribution in [3.8, 4) is 11.5 Å². The lowest BCUT2D eigenvalue weighted by Gasteiger charge is -1.97. The molecule has 0 aliphatic rings. The molecular weight excluding hydrogens is 372 g/mol. The molecule has 0 aliphatic heterocycles. The molecule has 0 unspecified atom stereocenters.